The highest BCUT2D eigenvalue weighted by Crippen LogP contribution is 2.31. The van der Waals surface area contributed by atoms with E-state index in [0.717, 1.165) is 5.92 Å². The molecule has 0 aromatic rings. The van der Waals surface area contributed by atoms with Crippen molar-refractivity contribution in [3.05, 3.63) is 11.6 Å². The van der Waals surface area contributed by atoms with E-state index in [4.69, 9.17) is 0 Å². The number of nitrogens with zero attached hydrogens (tertiary/aromatic N) is 1. The number of rotatable bonds is 2. The van der Waals surface area contributed by atoms with Gasteiger partial charge in [0.1, 0.15) is 0 Å². The van der Waals surface area contributed by atoms with E-state index in [0.29, 0.717) is 5.41 Å². The molecule has 0 aromatic carbocycles. The van der Waals surface area contributed by atoms with Gasteiger partial charge < -0.3 is 4.90 Å². The molecule has 2 aliphatic rings. The predicted molar refractivity (Wildman–Crippen MR) is 65.9 cm³/mol. The monoisotopic (exact) mass is 207 g/mol. The summed E-state index contributed by atoms with van der Waals surface area (Å²) in [5.41, 5.74) is 2.06. The molecule has 1 aliphatic heterocycles. The van der Waals surface area contributed by atoms with Crippen molar-refractivity contribution in [1.82, 2.24) is 4.90 Å². The Morgan fingerprint density at radius 2 is 1.80 bits per heavy atom. The van der Waals surface area contributed by atoms with E-state index < -0.39 is 0 Å². The molecule has 0 unspecified atom stereocenters. The van der Waals surface area contributed by atoms with Crippen molar-refractivity contribution in [2.45, 2.75) is 46.5 Å². The Kier molecular flexibility index (Phi) is 3.20. The summed E-state index contributed by atoms with van der Waals surface area (Å²) in [6, 6.07) is 0. The van der Waals surface area contributed by atoms with Gasteiger partial charge >= 0.3 is 0 Å². The second kappa shape index (κ2) is 4.29. The van der Waals surface area contributed by atoms with Crippen molar-refractivity contribution in [3.8, 4) is 0 Å². The third-order valence-electron chi connectivity index (χ3n) is 3.35. The topological polar surface area (TPSA) is 3.24 Å². The van der Waals surface area contributed by atoms with Gasteiger partial charge in [0.25, 0.3) is 0 Å². The quantitative estimate of drug-likeness (QED) is 0.627. The Labute approximate surface area is 94.5 Å². The molecule has 0 N–H and O–H groups in total. The molecule has 0 bridgehead atoms. The van der Waals surface area contributed by atoms with E-state index >= 15 is 0 Å². The summed E-state index contributed by atoms with van der Waals surface area (Å²) in [5.74, 6) is 1.05. The summed E-state index contributed by atoms with van der Waals surface area (Å²) in [6.45, 7) is 10.9. The standard InChI is InChI=1S/C14H25N/c1-14(2,3)10-12-6-8-15(9-7-12)11-13-4-5-13/h10,13H,4-9,11H2,1-3H3. The molecule has 0 amide bonds. The van der Waals surface area contributed by atoms with Gasteiger partial charge in [-0.2, -0.15) is 0 Å². The minimum atomic E-state index is 0.369. The zero-order chi connectivity index (χ0) is 10.9. The summed E-state index contributed by atoms with van der Waals surface area (Å²) in [5, 5.41) is 0. The number of allylic oxidation sites excluding steroid dienone is 1. The smallest absolute Gasteiger partial charge is 0.00188 e. The maximum atomic E-state index is 2.66. The predicted octanol–water partition coefficient (Wildman–Crippen LogP) is 3.46. The van der Waals surface area contributed by atoms with Gasteiger partial charge in [0.15, 0.2) is 0 Å². The van der Waals surface area contributed by atoms with E-state index in [1.54, 1.807) is 5.57 Å². The summed E-state index contributed by atoms with van der Waals surface area (Å²) < 4.78 is 0. The first kappa shape index (κ1) is 11.2. The van der Waals surface area contributed by atoms with E-state index in [1.807, 2.05) is 0 Å². The summed E-state index contributed by atoms with van der Waals surface area (Å²) in [7, 11) is 0. The fraction of sp³-hybridized carbons (Fsp3) is 0.857. The lowest BCUT2D eigenvalue weighted by Gasteiger charge is -2.29. The lowest BCUT2D eigenvalue weighted by atomic mass is 9.90. The largest absolute Gasteiger partial charge is 0.302 e. The average molecular weight is 207 g/mol. The fourth-order valence-electron chi connectivity index (χ4n) is 2.45. The van der Waals surface area contributed by atoms with Crippen molar-refractivity contribution < 1.29 is 0 Å². The highest BCUT2D eigenvalue weighted by Gasteiger charge is 2.25. The lowest BCUT2D eigenvalue weighted by molar-refractivity contribution is 0.245. The van der Waals surface area contributed by atoms with Gasteiger partial charge in [-0.1, -0.05) is 32.4 Å². The van der Waals surface area contributed by atoms with Crippen molar-refractivity contribution in [3.63, 3.8) is 0 Å². The van der Waals surface area contributed by atoms with Crippen LogP contribution in [0.4, 0.5) is 0 Å². The third kappa shape index (κ3) is 3.98. The van der Waals surface area contributed by atoms with E-state index in [9.17, 15) is 0 Å². The molecule has 1 aliphatic carbocycles. The van der Waals surface area contributed by atoms with Crippen LogP contribution >= 0.6 is 0 Å². The number of hydrogen-bond donors (Lipinski definition) is 0. The zero-order valence-electron chi connectivity index (χ0n) is 10.6. The van der Waals surface area contributed by atoms with Crippen LogP contribution in [0.1, 0.15) is 46.5 Å². The van der Waals surface area contributed by atoms with E-state index in [2.05, 4.69) is 31.7 Å². The van der Waals surface area contributed by atoms with Crippen LogP contribution in [0, 0.1) is 11.3 Å². The molecule has 0 aromatic heterocycles. The molecular weight excluding hydrogens is 182 g/mol. The molecule has 2 fully saturated rings. The molecule has 15 heavy (non-hydrogen) atoms. The van der Waals surface area contributed by atoms with Gasteiger partial charge in [-0.25, -0.2) is 0 Å². The SMILES string of the molecule is CC(C)(C)C=C1CCN(CC2CC2)CC1. The van der Waals surface area contributed by atoms with Crippen LogP contribution in [-0.4, -0.2) is 24.5 Å². The number of piperidine rings is 1. The fourth-order valence-corrected chi connectivity index (χ4v) is 2.45. The molecule has 1 saturated heterocycles. The van der Waals surface area contributed by atoms with Gasteiger partial charge in [0.2, 0.25) is 0 Å². The first-order valence-electron chi connectivity index (χ1n) is 6.46. The van der Waals surface area contributed by atoms with Crippen LogP contribution in [-0.2, 0) is 0 Å². The zero-order valence-corrected chi connectivity index (χ0v) is 10.6. The first-order chi connectivity index (χ1) is 7.03. The Bertz CT molecular complexity index is 233. The molecule has 1 heterocycles. The number of hydrogen-bond acceptors (Lipinski definition) is 1. The molecule has 0 spiro atoms. The van der Waals surface area contributed by atoms with Crippen molar-refractivity contribution in [2.24, 2.45) is 11.3 Å². The second-order valence-electron chi connectivity index (χ2n) is 6.41. The minimum absolute atomic E-state index is 0.369. The van der Waals surface area contributed by atoms with Crippen molar-refractivity contribution >= 4 is 0 Å². The Hall–Kier alpha value is -0.300. The molecule has 86 valence electrons. The number of likely N-dealkylation sites (tertiary alicyclic amines) is 1. The van der Waals surface area contributed by atoms with Crippen LogP contribution in [0.2, 0.25) is 0 Å². The summed E-state index contributed by atoms with van der Waals surface area (Å²) in [6.07, 6.45) is 8.08. The van der Waals surface area contributed by atoms with Gasteiger partial charge in [0, 0.05) is 19.6 Å². The summed E-state index contributed by atoms with van der Waals surface area (Å²) in [4.78, 5) is 2.66. The van der Waals surface area contributed by atoms with E-state index in [1.165, 1.54) is 45.3 Å². The Morgan fingerprint density at radius 3 is 2.27 bits per heavy atom. The highest BCUT2D eigenvalue weighted by molar-refractivity contribution is 5.10. The van der Waals surface area contributed by atoms with Crippen LogP contribution in [0.3, 0.4) is 0 Å². The van der Waals surface area contributed by atoms with Crippen LogP contribution < -0.4 is 0 Å². The van der Waals surface area contributed by atoms with Gasteiger partial charge in [0.05, 0.1) is 0 Å². The summed E-state index contributed by atoms with van der Waals surface area (Å²) >= 11 is 0. The van der Waals surface area contributed by atoms with Gasteiger partial charge in [-0.05, 0) is 37.0 Å². The lowest BCUT2D eigenvalue weighted by Crippen LogP contribution is -2.32. The third-order valence-corrected chi connectivity index (χ3v) is 3.35. The highest BCUT2D eigenvalue weighted by atomic mass is 15.1. The Morgan fingerprint density at radius 1 is 1.20 bits per heavy atom. The Balaban J connectivity index is 1.78. The normalized spacial score (nSPS) is 24.3. The first-order valence-corrected chi connectivity index (χ1v) is 6.46. The van der Waals surface area contributed by atoms with Crippen molar-refractivity contribution in [2.75, 3.05) is 19.6 Å². The maximum Gasteiger partial charge on any atom is 0.00188 e. The molecule has 1 nitrogen and oxygen atoms in total. The van der Waals surface area contributed by atoms with Crippen LogP contribution in [0.15, 0.2) is 11.6 Å². The van der Waals surface area contributed by atoms with Gasteiger partial charge in [-0.15, -0.1) is 0 Å². The van der Waals surface area contributed by atoms with Crippen LogP contribution in [0.25, 0.3) is 0 Å². The molecule has 1 saturated carbocycles. The molecular formula is C14H25N. The molecule has 2 rings (SSSR count). The van der Waals surface area contributed by atoms with Crippen molar-refractivity contribution in [1.29, 1.82) is 0 Å². The minimum Gasteiger partial charge on any atom is -0.302 e. The van der Waals surface area contributed by atoms with E-state index in [-0.39, 0.29) is 0 Å². The van der Waals surface area contributed by atoms with Gasteiger partial charge in [-0.3, -0.25) is 0 Å². The maximum absolute atomic E-state index is 2.66. The average Bonchev–Trinajstić information content (AvgIpc) is 2.90. The molecule has 1 heteroatoms. The van der Waals surface area contributed by atoms with Crippen LogP contribution in [0.5, 0.6) is 0 Å². The second-order valence-corrected chi connectivity index (χ2v) is 6.41. The molecule has 0 radical (unpaired) electrons. The molecule has 0 atom stereocenters.